The van der Waals surface area contributed by atoms with Gasteiger partial charge in [0, 0.05) is 19.0 Å². The number of hydrogen-bond acceptors (Lipinski definition) is 4. The third-order valence-electron chi connectivity index (χ3n) is 4.54. The van der Waals surface area contributed by atoms with E-state index < -0.39 is 6.04 Å². The Morgan fingerprint density at radius 2 is 2.04 bits per heavy atom. The summed E-state index contributed by atoms with van der Waals surface area (Å²) in [6.45, 7) is 0.545. The van der Waals surface area contributed by atoms with Gasteiger partial charge < -0.3 is 9.64 Å². The summed E-state index contributed by atoms with van der Waals surface area (Å²) in [5, 5.41) is 0. The molecule has 6 nitrogen and oxygen atoms in total. The molecular weight excluding hydrogens is 306 g/mol. The van der Waals surface area contributed by atoms with E-state index in [4.69, 9.17) is 4.74 Å². The quantitative estimate of drug-likeness (QED) is 0.856. The number of hydrogen-bond donors (Lipinski definition) is 0. The maximum atomic E-state index is 12.9. The summed E-state index contributed by atoms with van der Waals surface area (Å²) in [6, 6.07) is 11.0. The normalized spacial score (nSPS) is 19.3. The molecule has 1 unspecified atom stereocenters. The summed E-state index contributed by atoms with van der Waals surface area (Å²) < 4.78 is 5.14. The van der Waals surface area contributed by atoms with Crippen molar-refractivity contribution in [1.29, 1.82) is 0 Å². The van der Waals surface area contributed by atoms with Crippen LogP contribution in [0.3, 0.4) is 0 Å². The van der Waals surface area contributed by atoms with Crippen molar-refractivity contribution in [1.82, 2.24) is 9.88 Å². The number of aromatic nitrogens is 1. The van der Waals surface area contributed by atoms with Crippen LogP contribution in [0.1, 0.15) is 11.1 Å². The Kier molecular flexibility index (Phi) is 3.45. The number of amides is 2. The highest BCUT2D eigenvalue weighted by Crippen LogP contribution is 2.36. The minimum absolute atomic E-state index is 0.0198. The van der Waals surface area contributed by atoms with Gasteiger partial charge in [0.1, 0.15) is 12.6 Å². The molecule has 1 atom stereocenters. The van der Waals surface area contributed by atoms with E-state index in [9.17, 15) is 9.59 Å². The van der Waals surface area contributed by atoms with Crippen LogP contribution in [0.2, 0.25) is 0 Å². The number of ether oxygens (including phenoxy) is 1. The van der Waals surface area contributed by atoms with E-state index in [2.05, 4.69) is 4.98 Å². The Hall–Kier alpha value is -2.89. The molecule has 0 aliphatic carbocycles. The molecule has 2 aliphatic rings. The molecular formula is C18H17N3O3. The van der Waals surface area contributed by atoms with Gasteiger partial charge in [0.15, 0.2) is 0 Å². The maximum absolute atomic E-state index is 12.9. The molecule has 0 spiro atoms. The second-order valence-electron chi connectivity index (χ2n) is 6.02. The summed E-state index contributed by atoms with van der Waals surface area (Å²) in [5.74, 6) is 0.407. The molecule has 0 saturated carbocycles. The van der Waals surface area contributed by atoms with Crippen LogP contribution in [-0.2, 0) is 22.6 Å². The molecule has 4 rings (SSSR count). The number of carbonyl (C=O) groups excluding carboxylic acids is 2. The van der Waals surface area contributed by atoms with Gasteiger partial charge in [-0.3, -0.25) is 14.5 Å². The van der Waals surface area contributed by atoms with Crippen LogP contribution in [0.4, 0.5) is 5.69 Å². The first kappa shape index (κ1) is 14.7. The summed E-state index contributed by atoms with van der Waals surface area (Å²) in [7, 11) is 1.55. The second kappa shape index (κ2) is 5.63. The smallest absolute Gasteiger partial charge is 0.247 e. The molecule has 2 aromatic rings. The van der Waals surface area contributed by atoms with Crippen LogP contribution >= 0.6 is 0 Å². The monoisotopic (exact) mass is 323 g/mol. The number of benzene rings is 1. The third-order valence-corrected chi connectivity index (χ3v) is 4.54. The Labute approximate surface area is 139 Å². The molecule has 2 aliphatic heterocycles. The van der Waals surface area contributed by atoms with Crippen LogP contribution in [0, 0.1) is 0 Å². The highest BCUT2D eigenvalue weighted by molar-refractivity contribution is 6.08. The fourth-order valence-electron chi connectivity index (χ4n) is 3.40. The molecule has 0 radical (unpaired) electrons. The van der Waals surface area contributed by atoms with E-state index in [1.54, 1.807) is 29.2 Å². The van der Waals surface area contributed by atoms with Crippen LogP contribution in [-0.4, -0.2) is 41.4 Å². The van der Waals surface area contributed by atoms with E-state index in [-0.39, 0.29) is 18.4 Å². The zero-order chi connectivity index (χ0) is 16.7. The SMILES string of the molecule is COc1cc2c(cn1)N1C(=O)CN(Cc3ccccc3)C(=O)C1C2. The van der Waals surface area contributed by atoms with Crippen LogP contribution in [0.15, 0.2) is 42.6 Å². The van der Waals surface area contributed by atoms with Gasteiger partial charge in [-0.05, 0) is 11.1 Å². The molecule has 24 heavy (non-hydrogen) atoms. The van der Waals surface area contributed by atoms with Crippen molar-refractivity contribution >= 4 is 17.5 Å². The first-order valence-corrected chi connectivity index (χ1v) is 7.85. The second-order valence-corrected chi connectivity index (χ2v) is 6.02. The van der Waals surface area contributed by atoms with Gasteiger partial charge in [0.05, 0.1) is 19.0 Å². The molecule has 1 aromatic carbocycles. The molecule has 6 heteroatoms. The zero-order valence-corrected chi connectivity index (χ0v) is 13.3. The number of nitrogens with zero attached hydrogens (tertiary/aromatic N) is 3. The highest BCUT2D eigenvalue weighted by Gasteiger charge is 2.45. The minimum atomic E-state index is -0.473. The molecule has 1 fully saturated rings. The molecule has 0 N–H and O–H groups in total. The largest absolute Gasteiger partial charge is 0.481 e. The number of anilines is 1. The van der Waals surface area contributed by atoms with Crippen LogP contribution in [0.5, 0.6) is 5.88 Å². The first-order chi connectivity index (χ1) is 11.7. The Morgan fingerprint density at radius 3 is 2.79 bits per heavy atom. The molecule has 122 valence electrons. The van der Waals surface area contributed by atoms with Crippen molar-refractivity contribution in [3.8, 4) is 5.88 Å². The molecule has 1 saturated heterocycles. The lowest BCUT2D eigenvalue weighted by molar-refractivity contribution is -0.141. The summed E-state index contributed by atoms with van der Waals surface area (Å²) >= 11 is 0. The number of piperazine rings is 1. The fourth-order valence-corrected chi connectivity index (χ4v) is 3.40. The lowest BCUT2D eigenvalue weighted by Gasteiger charge is -2.36. The Morgan fingerprint density at radius 1 is 1.25 bits per heavy atom. The van der Waals surface area contributed by atoms with E-state index in [1.807, 2.05) is 30.3 Å². The van der Waals surface area contributed by atoms with Crippen molar-refractivity contribution in [3.63, 3.8) is 0 Å². The predicted octanol–water partition coefficient (Wildman–Crippen LogP) is 1.39. The first-order valence-electron chi connectivity index (χ1n) is 7.85. The topological polar surface area (TPSA) is 62.7 Å². The van der Waals surface area contributed by atoms with Crippen molar-refractivity contribution < 1.29 is 14.3 Å². The average molecular weight is 323 g/mol. The van der Waals surface area contributed by atoms with Gasteiger partial charge >= 0.3 is 0 Å². The molecule has 0 bridgehead atoms. The Balaban J connectivity index is 1.61. The lowest BCUT2D eigenvalue weighted by atomic mass is 10.1. The van der Waals surface area contributed by atoms with Gasteiger partial charge in [-0.2, -0.15) is 0 Å². The van der Waals surface area contributed by atoms with E-state index in [1.165, 1.54) is 0 Å². The third kappa shape index (κ3) is 2.31. The van der Waals surface area contributed by atoms with Crippen LogP contribution in [0.25, 0.3) is 0 Å². The van der Waals surface area contributed by atoms with Crippen molar-refractivity contribution in [3.05, 3.63) is 53.7 Å². The minimum Gasteiger partial charge on any atom is -0.481 e. The van der Waals surface area contributed by atoms with Crippen molar-refractivity contribution in [2.24, 2.45) is 0 Å². The number of rotatable bonds is 3. The van der Waals surface area contributed by atoms with Crippen molar-refractivity contribution in [2.75, 3.05) is 18.6 Å². The maximum Gasteiger partial charge on any atom is 0.247 e. The van der Waals surface area contributed by atoms with Gasteiger partial charge in [-0.1, -0.05) is 30.3 Å². The van der Waals surface area contributed by atoms with Gasteiger partial charge in [-0.15, -0.1) is 0 Å². The fraction of sp³-hybridized carbons (Fsp3) is 0.278. The van der Waals surface area contributed by atoms with Crippen molar-refractivity contribution in [2.45, 2.75) is 19.0 Å². The Bertz CT molecular complexity index is 806. The lowest BCUT2D eigenvalue weighted by Crippen LogP contribution is -2.58. The van der Waals surface area contributed by atoms with E-state index in [0.717, 1.165) is 16.8 Å². The van der Waals surface area contributed by atoms with Gasteiger partial charge in [0.25, 0.3) is 0 Å². The molecule has 3 heterocycles. The molecule has 1 aromatic heterocycles. The number of pyridine rings is 1. The number of fused-ring (bicyclic) bond motifs is 3. The summed E-state index contributed by atoms with van der Waals surface area (Å²) in [6.07, 6.45) is 2.12. The van der Waals surface area contributed by atoms with Gasteiger partial charge in [0.2, 0.25) is 17.7 Å². The standard InChI is InChI=1S/C18H17N3O3/c1-24-16-8-13-7-14-18(23)20(10-12-5-3-2-4-6-12)11-17(22)21(14)15(13)9-19-16/h2-6,8-9,14H,7,10-11H2,1H3. The summed E-state index contributed by atoms with van der Waals surface area (Å²) in [4.78, 5) is 32.9. The molecule has 2 amide bonds. The number of methoxy groups -OCH3 is 1. The highest BCUT2D eigenvalue weighted by atomic mass is 16.5. The van der Waals surface area contributed by atoms with Crippen LogP contribution < -0.4 is 9.64 Å². The number of carbonyl (C=O) groups is 2. The van der Waals surface area contributed by atoms with E-state index in [0.29, 0.717) is 18.8 Å². The predicted molar refractivity (Wildman–Crippen MR) is 87.6 cm³/mol. The average Bonchev–Trinajstić information content (AvgIpc) is 2.99. The van der Waals surface area contributed by atoms with E-state index >= 15 is 0 Å². The van der Waals surface area contributed by atoms with Gasteiger partial charge in [-0.25, -0.2) is 4.98 Å². The summed E-state index contributed by atoms with van der Waals surface area (Å²) in [5.41, 5.74) is 2.67. The zero-order valence-electron chi connectivity index (χ0n) is 13.3.